The van der Waals surface area contributed by atoms with E-state index in [1.165, 1.54) is 11.7 Å². The van der Waals surface area contributed by atoms with Gasteiger partial charge in [0.05, 0.1) is 13.0 Å². The lowest BCUT2D eigenvalue weighted by atomic mass is 10.1. The third kappa shape index (κ3) is 2.97. The summed E-state index contributed by atoms with van der Waals surface area (Å²) in [6.45, 7) is 5.49. The number of methoxy groups -OCH3 is 1. The standard InChI is InChI=1S/C14H19NO4/c1-14(2,3)19-13(17)15-7-10-5-9(12(16)18-4)6-11(10)8-15/h7-9H,5-6H2,1-4H3. The molecule has 2 rings (SSSR count). The molecule has 0 saturated carbocycles. The van der Waals surface area contributed by atoms with Crippen LogP contribution < -0.4 is 0 Å². The number of carbonyl (C=O) groups excluding carboxylic acids is 2. The molecule has 5 nitrogen and oxygen atoms in total. The van der Waals surface area contributed by atoms with Crippen LogP contribution in [-0.2, 0) is 27.1 Å². The second-order valence-electron chi connectivity index (χ2n) is 5.82. The van der Waals surface area contributed by atoms with Gasteiger partial charge in [0, 0.05) is 12.4 Å². The van der Waals surface area contributed by atoms with Crippen molar-refractivity contribution in [2.45, 2.75) is 39.2 Å². The van der Waals surface area contributed by atoms with E-state index in [-0.39, 0.29) is 11.9 Å². The van der Waals surface area contributed by atoms with E-state index >= 15 is 0 Å². The summed E-state index contributed by atoms with van der Waals surface area (Å²) in [6.07, 6.45) is 4.34. The van der Waals surface area contributed by atoms with Crippen molar-refractivity contribution in [3.8, 4) is 0 Å². The Morgan fingerprint density at radius 3 is 2.16 bits per heavy atom. The zero-order valence-electron chi connectivity index (χ0n) is 11.7. The van der Waals surface area contributed by atoms with Crippen LogP contribution in [0.25, 0.3) is 0 Å². The fourth-order valence-electron chi connectivity index (χ4n) is 2.26. The lowest BCUT2D eigenvalue weighted by Crippen LogP contribution is -2.26. The van der Waals surface area contributed by atoms with Crippen molar-refractivity contribution in [2.24, 2.45) is 5.92 Å². The minimum absolute atomic E-state index is 0.122. The van der Waals surface area contributed by atoms with E-state index in [9.17, 15) is 9.59 Å². The van der Waals surface area contributed by atoms with Gasteiger partial charge >= 0.3 is 12.1 Å². The predicted molar refractivity (Wildman–Crippen MR) is 69.0 cm³/mol. The van der Waals surface area contributed by atoms with Crippen LogP contribution in [0.4, 0.5) is 4.79 Å². The monoisotopic (exact) mass is 265 g/mol. The van der Waals surface area contributed by atoms with Gasteiger partial charge in [-0.2, -0.15) is 0 Å². The van der Waals surface area contributed by atoms with E-state index < -0.39 is 11.7 Å². The fourth-order valence-corrected chi connectivity index (χ4v) is 2.26. The van der Waals surface area contributed by atoms with E-state index in [1.54, 1.807) is 12.4 Å². The van der Waals surface area contributed by atoms with Crippen molar-refractivity contribution >= 4 is 12.1 Å². The molecule has 104 valence electrons. The van der Waals surface area contributed by atoms with Gasteiger partial charge in [-0.25, -0.2) is 4.79 Å². The highest BCUT2D eigenvalue weighted by atomic mass is 16.6. The van der Waals surface area contributed by atoms with Gasteiger partial charge in [0.15, 0.2) is 0 Å². The quantitative estimate of drug-likeness (QED) is 0.730. The number of hydrogen-bond acceptors (Lipinski definition) is 4. The van der Waals surface area contributed by atoms with Crippen molar-refractivity contribution in [3.63, 3.8) is 0 Å². The molecule has 0 amide bonds. The first-order valence-corrected chi connectivity index (χ1v) is 6.31. The van der Waals surface area contributed by atoms with E-state index in [0.29, 0.717) is 12.8 Å². The molecule has 0 unspecified atom stereocenters. The van der Waals surface area contributed by atoms with Crippen molar-refractivity contribution in [3.05, 3.63) is 23.5 Å². The molecule has 0 radical (unpaired) electrons. The Labute approximate surface area is 112 Å². The average Bonchev–Trinajstić information content (AvgIpc) is 2.82. The van der Waals surface area contributed by atoms with Crippen LogP contribution in [0.15, 0.2) is 12.4 Å². The lowest BCUT2D eigenvalue weighted by Gasteiger charge is -2.19. The van der Waals surface area contributed by atoms with Crippen LogP contribution in [-0.4, -0.2) is 29.3 Å². The second-order valence-corrected chi connectivity index (χ2v) is 5.82. The molecule has 1 aromatic heterocycles. The lowest BCUT2D eigenvalue weighted by molar-refractivity contribution is -0.145. The van der Waals surface area contributed by atoms with Crippen LogP contribution >= 0.6 is 0 Å². The molecule has 0 bridgehead atoms. The summed E-state index contributed by atoms with van der Waals surface area (Å²) in [7, 11) is 1.40. The normalized spacial score (nSPS) is 15.2. The first-order chi connectivity index (χ1) is 8.80. The number of ether oxygens (including phenoxy) is 2. The molecule has 0 spiro atoms. The highest BCUT2D eigenvalue weighted by molar-refractivity contribution is 5.76. The van der Waals surface area contributed by atoms with Crippen LogP contribution in [0.1, 0.15) is 31.9 Å². The zero-order chi connectivity index (χ0) is 14.2. The van der Waals surface area contributed by atoms with E-state index in [4.69, 9.17) is 9.47 Å². The van der Waals surface area contributed by atoms with Crippen LogP contribution in [0.5, 0.6) is 0 Å². The molecule has 5 heteroatoms. The summed E-state index contributed by atoms with van der Waals surface area (Å²) in [6, 6.07) is 0. The van der Waals surface area contributed by atoms with E-state index in [0.717, 1.165) is 11.1 Å². The molecular formula is C14H19NO4. The largest absolute Gasteiger partial charge is 0.469 e. The van der Waals surface area contributed by atoms with Crippen molar-refractivity contribution in [1.29, 1.82) is 0 Å². The van der Waals surface area contributed by atoms with Gasteiger partial charge in [-0.3, -0.25) is 9.36 Å². The first-order valence-electron chi connectivity index (χ1n) is 6.31. The highest BCUT2D eigenvalue weighted by Gasteiger charge is 2.30. The maximum absolute atomic E-state index is 11.9. The van der Waals surface area contributed by atoms with Gasteiger partial charge in [-0.15, -0.1) is 0 Å². The van der Waals surface area contributed by atoms with Crippen LogP contribution in [0.2, 0.25) is 0 Å². The van der Waals surface area contributed by atoms with Gasteiger partial charge < -0.3 is 9.47 Å². The number of esters is 1. The molecule has 1 aliphatic carbocycles. The number of nitrogens with zero attached hydrogens (tertiary/aromatic N) is 1. The average molecular weight is 265 g/mol. The Kier molecular flexibility index (Phi) is 3.39. The molecule has 1 heterocycles. The van der Waals surface area contributed by atoms with Crippen LogP contribution in [0, 0.1) is 5.92 Å². The van der Waals surface area contributed by atoms with Crippen molar-refractivity contribution in [1.82, 2.24) is 4.57 Å². The number of fused-ring (bicyclic) bond motifs is 1. The van der Waals surface area contributed by atoms with Crippen molar-refractivity contribution in [2.75, 3.05) is 7.11 Å². The molecule has 0 fully saturated rings. The Bertz CT molecular complexity index is 487. The Morgan fingerprint density at radius 2 is 1.74 bits per heavy atom. The van der Waals surface area contributed by atoms with E-state index in [1.807, 2.05) is 20.8 Å². The molecule has 0 aromatic carbocycles. The third-order valence-electron chi connectivity index (χ3n) is 3.07. The number of carbonyl (C=O) groups is 2. The minimum atomic E-state index is -0.514. The molecule has 0 atom stereocenters. The topological polar surface area (TPSA) is 57.5 Å². The fraction of sp³-hybridized carbons (Fsp3) is 0.571. The number of rotatable bonds is 1. The third-order valence-corrected chi connectivity index (χ3v) is 3.07. The smallest absolute Gasteiger partial charge is 0.418 e. The molecule has 0 saturated heterocycles. The van der Waals surface area contributed by atoms with Gasteiger partial charge in [0.1, 0.15) is 5.60 Å². The summed E-state index contributed by atoms with van der Waals surface area (Å²) in [4.78, 5) is 23.4. The second kappa shape index (κ2) is 4.72. The first kappa shape index (κ1) is 13.6. The molecule has 0 aliphatic heterocycles. The van der Waals surface area contributed by atoms with E-state index in [2.05, 4.69) is 0 Å². The summed E-state index contributed by atoms with van der Waals surface area (Å²) >= 11 is 0. The molecular weight excluding hydrogens is 246 g/mol. The maximum atomic E-state index is 11.9. The summed E-state index contributed by atoms with van der Waals surface area (Å²) < 4.78 is 11.5. The minimum Gasteiger partial charge on any atom is -0.469 e. The Morgan fingerprint density at radius 1 is 1.21 bits per heavy atom. The predicted octanol–water partition coefficient (Wildman–Crippen LogP) is 2.16. The number of hydrogen-bond donors (Lipinski definition) is 0. The summed E-state index contributed by atoms with van der Waals surface area (Å²) in [5, 5.41) is 0. The van der Waals surface area contributed by atoms with Crippen molar-refractivity contribution < 1.29 is 19.1 Å². The molecule has 0 N–H and O–H groups in total. The zero-order valence-corrected chi connectivity index (χ0v) is 11.7. The number of aromatic nitrogens is 1. The van der Waals surface area contributed by atoms with Crippen LogP contribution in [0.3, 0.4) is 0 Å². The van der Waals surface area contributed by atoms with Gasteiger partial charge in [0.25, 0.3) is 0 Å². The Hall–Kier alpha value is -1.78. The molecule has 1 aromatic rings. The SMILES string of the molecule is COC(=O)C1Cc2cn(C(=O)OC(C)(C)C)cc2C1. The highest BCUT2D eigenvalue weighted by Crippen LogP contribution is 2.28. The molecule has 1 aliphatic rings. The molecule has 19 heavy (non-hydrogen) atoms. The summed E-state index contributed by atoms with van der Waals surface area (Å²) in [5.74, 6) is -0.316. The maximum Gasteiger partial charge on any atom is 0.418 e. The van der Waals surface area contributed by atoms with Gasteiger partial charge in [0.2, 0.25) is 0 Å². The summed E-state index contributed by atoms with van der Waals surface area (Å²) in [5.41, 5.74) is 1.52. The van der Waals surface area contributed by atoms with Gasteiger partial charge in [-0.1, -0.05) is 0 Å². The van der Waals surface area contributed by atoms with Gasteiger partial charge in [-0.05, 0) is 44.7 Å². The Balaban J connectivity index is 2.07.